The van der Waals surface area contributed by atoms with E-state index in [1.165, 1.54) is 0 Å². The highest BCUT2D eigenvalue weighted by atomic mass is 16.4. The van der Waals surface area contributed by atoms with Gasteiger partial charge in [0.1, 0.15) is 5.82 Å². The lowest BCUT2D eigenvalue weighted by molar-refractivity contribution is -0.137. The van der Waals surface area contributed by atoms with Crippen molar-refractivity contribution < 1.29 is 14.7 Å². The fraction of sp³-hybridized carbons (Fsp3) is 0.600. The Morgan fingerprint density at radius 3 is 2.86 bits per heavy atom. The first-order valence-electron chi connectivity index (χ1n) is 7.27. The number of aromatic nitrogens is 2. The van der Waals surface area contributed by atoms with Gasteiger partial charge in [-0.2, -0.15) is 0 Å². The average molecular weight is 291 g/mol. The average Bonchev–Trinajstić information content (AvgIpc) is 2.44. The Morgan fingerprint density at radius 2 is 2.19 bits per heavy atom. The maximum Gasteiger partial charge on any atom is 0.303 e. The molecule has 1 aromatic heterocycles. The number of nitrogens with zero attached hydrogens (tertiary/aromatic N) is 3. The highest BCUT2D eigenvalue weighted by Gasteiger charge is 2.24. The van der Waals surface area contributed by atoms with E-state index in [0.29, 0.717) is 18.8 Å². The number of hydrogen-bond donors (Lipinski definition) is 1. The number of hydrogen-bond acceptors (Lipinski definition) is 4. The normalized spacial score (nSPS) is 18.6. The molecule has 2 heterocycles. The van der Waals surface area contributed by atoms with Gasteiger partial charge in [-0.1, -0.05) is 0 Å². The summed E-state index contributed by atoms with van der Waals surface area (Å²) in [7, 11) is 0. The van der Waals surface area contributed by atoms with E-state index in [4.69, 9.17) is 5.11 Å². The Labute approximate surface area is 124 Å². The lowest BCUT2D eigenvalue weighted by Crippen LogP contribution is -2.38. The summed E-state index contributed by atoms with van der Waals surface area (Å²) in [4.78, 5) is 32.8. The molecule has 0 bridgehead atoms. The molecular weight excluding hydrogens is 270 g/mol. The van der Waals surface area contributed by atoms with Crippen molar-refractivity contribution in [3.8, 4) is 0 Å². The van der Waals surface area contributed by atoms with E-state index < -0.39 is 5.97 Å². The summed E-state index contributed by atoms with van der Waals surface area (Å²) in [6, 6.07) is 1.89. The second kappa shape index (κ2) is 6.65. The summed E-state index contributed by atoms with van der Waals surface area (Å²) in [6.45, 7) is 4.90. The van der Waals surface area contributed by atoms with Crippen LogP contribution in [0.4, 0.5) is 0 Å². The number of aryl methyl sites for hydroxylation is 2. The highest BCUT2D eigenvalue weighted by Crippen LogP contribution is 2.26. The largest absolute Gasteiger partial charge is 0.481 e. The number of carbonyl (C=O) groups excluding carboxylic acids is 1. The summed E-state index contributed by atoms with van der Waals surface area (Å²) in [6.07, 6.45) is 2.45. The zero-order chi connectivity index (χ0) is 15.4. The quantitative estimate of drug-likeness (QED) is 0.909. The first-order chi connectivity index (χ1) is 9.95. The van der Waals surface area contributed by atoms with Crippen LogP contribution in [0.1, 0.15) is 49.3 Å². The van der Waals surface area contributed by atoms with Crippen LogP contribution in [0.2, 0.25) is 0 Å². The highest BCUT2D eigenvalue weighted by molar-refractivity contribution is 5.73. The minimum atomic E-state index is -0.826. The van der Waals surface area contributed by atoms with E-state index in [9.17, 15) is 9.59 Å². The molecule has 0 unspecified atom stereocenters. The first-order valence-corrected chi connectivity index (χ1v) is 7.27. The number of aliphatic carboxylic acids is 1. The number of piperidine rings is 1. The van der Waals surface area contributed by atoms with Crippen LogP contribution < -0.4 is 0 Å². The second-order valence-corrected chi connectivity index (χ2v) is 5.53. The third kappa shape index (κ3) is 4.24. The van der Waals surface area contributed by atoms with Gasteiger partial charge in [-0.05, 0) is 25.8 Å². The van der Waals surface area contributed by atoms with Crippen molar-refractivity contribution in [2.75, 3.05) is 13.1 Å². The molecule has 21 heavy (non-hydrogen) atoms. The van der Waals surface area contributed by atoms with Crippen LogP contribution in [0.25, 0.3) is 0 Å². The molecule has 1 fully saturated rings. The zero-order valence-corrected chi connectivity index (χ0v) is 12.5. The minimum Gasteiger partial charge on any atom is -0.481 e. The van der Waals surface area contributed by atoms with E-state index in [-0.39, 0.29) is 18.2 Å². The van der Waals surface area contributed by atoms with Gasteiger partial charge in [-0.15, -0.1) is 0 Å². The molecule has 114 valence electrons. The Hall–Kier alpha value is -1.98. The van der Waals surface area contributed by atoms with Crippen molar-refractivity contribution in [1.82, 2.24) is 14.9 Å². The van der Waals surface area contributed by atoms with E-state index in [0.717, 1.165) is 30.8 Å². The molecule has 0 aromatic carbocycles. The Morgan fingerprint density at radius 1 is 1.43 bits per heavy atom. The molecule has 1 aliphatic heterocycles. The van der Waals surface area contributed by atoms with E-state index >= 15 is 0 Å². The summed E-state index contributed by atoms with van der Waals surface area (Å²) >= 11 is 0. The van der Waals surface area contributed by atoms with E-state index in [1.807, 2.05) is 17.9 Å². The molecule has 2 rings (SSSR count). The van der Waals surface area contributed by atoms with Gasteiger partial charge in [-0.25, -0.2) is 9.97 Å². The van der Waals surface area contributed by atoms with Gasteiger partial charge in [0.2, 0.25) is 5.91 Å². The second-order valence-electron chi connectivity index (χ2n) is 5.53. The van der Waals surface area contributed by atoms with Gasteiger partial charge >= 0.3 is 5.97 Å². The van der Waals surface area contributed by atoms with Gasteiger partial charge in [0.15, 0.2) is 0 Å². The molecule has 1 atom stereocenters. The Balaban J connectivity index is 2.14. The molecule has 0 saturated carbocycles. The number of carboxylic acids is 1. The molecule has 6 heteroatoms. The number of carboxylic acid groups (broad SMARTS) is 1. The van der Waals surface area contributed by atoms with Crippen molar-refractivity contribution in [1.29, 1.82) is 0 Å². The van der Waals surface area contributed by atoms with Gasteiger partial charge in [-0.3, -0.25) is 9.59 Å². The monoisotopic (exact) mass is 291 g/mol. The first kappa shape index (κ1) is 15.4. The molecule has 1 amide bonds. The number of amides is 1. The van der Waals surface area contributed by atoms with Crippen LogP contribution in [0.5, 0.6) is 0 Å². The molecule has 6 nitrogen and oxygen atoms in total. The predicted molar refractivity (Wildman–Crippen MR) is 77.0 cm³/mol. The van der Waals surface area contributed by atoms with Crippen molar-refractivity contribution in [2.45, 2.75) is 45.4 Å². The van der Waals surface area contributed by atoms with Crippen LogP contribution in [-0.4, -0.2) is 44.9 Å². The van der Waals surface area contributed by atoms with Crippen molar-refractivity contribution in [3.63, 3.8) is 0 Å². The summed E-state index contributed by atoms with van der Waals surface area (Å²) in [5.41, 5.74) is 1.69. The molecule has 1 N–H and O–H groups in total. The minimum absolute atomic E-state index is 0.0696. The molecule has 1 aliphatic rings. The van der Waals surface area contributed by atoms with Gasteiger partial charge in [0.05, 0.1) is 6.42 Å². The van der Waals surface area contributed by atoms with Crippen LogP contribution in [-0.2, 0) is 16.0 Å². The lowest BCUT2D eigenvalue weighted by atomic mass is 9.93. The Bertz CT molecular complexity index is 545. The molecule has 1 aromatic rings. The summed E-state index contributed by atoms with van der Waals surface area (Å²) in [5.74, 6) is 0.144. The summed E-state index contributed by atoms with van der Waals surface area (Å²) < 4.78 is 0. The maximum atomic E-state index is 11.5. The number of rotatable bonds is 4. The maximum absolute atomic E-state index is 11.5. The molecular formula is C15H21N3O3. The predicted octanol–water partition coefficient (Wildman–Crippen LogP) is 1.53. The van der Waals surface area contributed by atoms with Crippen LogP contribution in [0.15, 0.2) is 6.07 Å². The summed E-state index contributed by atoms with van der Waals surface area (Å²) in [5, 5.41) is 8.77. The number of likely N-dealkylation sites (tertiary alicyclic amines) is 1. The fourth-order valence-corrected chi connectivity index (χ4v) is 2.73. The smallest absolute Gasteiger partial charge is 0.303 e. The third-order valence-electron chi connectivity index (χ3n) is 3.79. The van der Waals surface area contributed by atoms with E-state index in [2.05, 4.69) is 9.97 Å². The Kier molecular flexibility index (Phi) is 4.88. The van der Waals surface area contributed by atoms with Gasteiger partial charge < -0.3 is 10.0 Å². The number of carbonyl (C=O) groups is 2. The van der Waals surface area contributed by atoms with Crippen LogP contribution in [0.3, 0.4) is 0 Å². The molecule has 0 spiro atoms. The van der Waals surface area contributed by atoms with Crippen molar-refractivity contribution in [3.05, 3.63) is 23.3 Å². The third-order valence-corrected chi connectivity index (χ3v) is 3.79. The van der Waals surface area contributed by atoms with Crippen LogP contribution in [0, 0.1) is 6.92 Å². The lowest BCUT2D eigenvalue weighted by Gasteiger charge is -2.31. The molecule has 0 radical (unpaired) electrons. The SMILES string of the molecule is CC(=O)N1CCC[C@@H](c2cc(CCC(=O)O)nc(C)n2)C1. The topological polar surface area (TPSA) is 83.4 Å². The van der Waals surface area contributed by atoms with Gasteiger partial charge in [0, 0.05) is 43.7 Å². The van der Waals surface area contributed by atoms with E-state index in [1.54, 1.807) is 6.92 Å². The van der Waals surface area contributed by atoms with Crippen LogP contribution >= 0.6 is 0 Å². The van der Waals surface area contributed by atoms with Crippen molar-refractivity contribution in [2.24, 2.45) is 0 Å². The zero-order valence-electron chi connectivity index (χ0n) is 12.5. The molecule has 1 saturated heterocycles. The fourth-order valence-electron chi connectivity index (χ4n) is 2.73. The standard InChI is InChI=1S/C15H21N3O3/c1-10-16-13(5-6-15(20)21)8-14(17-10)12-4-3-7-18(9-12)11(2)19/h8,12H,3-7,9H2,1-2H3,(H,20,21)/t12-/m1/s1. The van der Waals surface area contributed by atoms with Gasteiger partial charge in [0.25, 0.3) is 0 Å². The molecule has 0 aliphatic carbocycles. The van der Waals surface area contributed by atoms with Crippen molar-refractivity contribution >= 4 is 11.9 Å².